The molecule has 1 rings (SSSR count). The van der Waals surface area contributed by atoms with Gasteiger partial charge in [0.15, 0.2) is 9.84 Å². The van der Waals surface area contributed by atoms with Crippen LogP contribution in [0.25, 0.3) is 0 Å². The van der Waals surface area contributed by atoms with Crippen molar-refractivity contribution in [3.63, 3.8) is 0 Å². The third-order valence-electron chi connectivity index (χ3n) is 2.50. The van der Waals surface area contributed by atoms with E-state index in [1.54, 1.807) is 23.9 Å². The molecule has 0 aromatic heterocycles. The van der Waals surface area contributed by atoms with E-state index >= 15 is 0 Å². The molecule has 0 bridgehead atoms. The van der Waals surface area contributed by atoms with Crippen LogP contribution in [0.5, 0.6) is 0 Å². The van der Waals surface area contributed by atoms with Crippen molar-refractivity contribution in [2.24, 2.45) is 0 Å². The Kier molecular flexibility index (Phi) is 6.62. The molecule has 0 saturated heterocycles. The second-order valence-electron chi connectivity index (χ2n) is 4.46. The minimum absolute atomic E-state index is 0.361. The van der Waals surface area contributed by atoms with Crippen molar-refractivity contribution >= 4 is 21.6 Å². The first-order valence-corrected chi connectivity index (χ1v) is 9.11. The molecule has 0 radical (unpaired) electrons. The Hall–Kier alpha value is -0.780. The Bertz CT molecular complexity index is 507. The summed E-state index contributed by atoms with van der Waals surface area (Å²) in [5, 5.41) is 3.31. The SMILES string of the molecule is C=C(CNCCC)CSc1ccc(S(C)(=O)=O)cc1. The molecule has 1 N–H and O–H groups in total. The van der Waals surface area contributed by atoms with Gasteiger partial charge in [0.05, 0.1) is 4.90 Å². The molecular formula is C14H21NO2S2. The van der Waals surface area contributed by atoms with Gasteiger partial charge in [-0.15, -0.1) is 11.8 Å². The van der Waals surface area contributed by atoms with Gasteiger partial charge in [0.2, 0.25) is 0 Å². The van der Waals surface area contributed by atoms with Crippen LogP contribution in [-0.2, 0) is 9.84 Å². The first kappa shape index (κ1) is 16.3. The summed E-state index contributed by atoms with van der Waals surface area (Å²) in [4.78, 5) is 1.42. The van der Waals surface area contributed by atoms with E-state index in [4.69, 9.17) is 0 Å². The Morgan fingerprint density at radius 3 is 2.47 bits per heavy atom. The zero-order valence-electron chi connectivity index (χ0n) is 11.5. The molecule has 0 fully saturated rings. The molecule has 0 saturated carbocycles. The maximum absolute atomic E-state index is 11.3. The van der Waals surface area contributed by atoms with Crippen LogP contribution in [0, 0.1) is 0 Å². The van der Waals surface area contributed by atoms with Crippen molar-refractivity contribution in [3.05, 3.63) is 36.4 Å². The number of rotatable bonds is 8. The van der Waals surface area contributed by atoms with Crippen LogP contribution < -0.4 is 5.32 Å². The lowest BCUT2D eigenvalue weighted by molar-refractivity contribution is 0.602. The van der Waals surface area contributed by atoms with Gasteiger partial charge in [-0.2, -0.15) is 0 Å². The first-order chi connectivity index (χ1) is 8.93. The summed E-state index contributed by atoms with van der Waals surface area (Å²) < 4.78 is 22.7. The third kappa shape index (κ3) is 6.27. The van der Waals surface area contributed by atoms with Crippen LogP contribution in [0.15, 0.2) is 46.2 Å². The fourth-order valence-corrected chi connectivity index (χ4v) is 2.89. The van der Waals surface area contributed by atoms with Gasteiger partial charge >= 0.3 is 0 Å². The molecule has 0 spiro atoms. The minimum Gasteiger partial charge on any atom is -0.313 e. The molecule has 0 heterocycles. The van der Waals surface area contributed by atoms with Gasteiger partial charge in [0, 0.05) is 23.4 Å². The fourth-order valence-electron chi connectivity index (χ4n) is 1.46. The maximum atomic E-state index is 11.3. The minimum atomic E-state index is -3.10. The largest absolute Gasteiger partial charge is 0.313 e. The summed E-state index contributed by atoms with van der Waals surface area (Å²) >= 11 is 1.67. The Morgan fingerprint density at radius 2 is 1.95 bits per heavy atom. The molecule has 3 nitrogen and oxygen atoms in total. The number of benzene rings is 1. The predicted octanol–water partition coefficient (Wildman–Crippen LogP) is 2.74. The zero-order valence-corrected chi connectivity index (χ0v) is 13.1. The highest BCUT2D eigenvalue weighted by molar-refractivity contribution is 7.99. The molecule has 0 atom stereocenters. The quantitative estimate of drug-likeness (QED) is 0.455. The summed E-state index contributed by atoms with van der Waals surface area (Å²) in [5.74, 6) is 0.842. The van der Waals surface area contributed by atoms with Crippen molar-refractivity contribution in [2.45, 2.75) is 23.1 Å². The van der Waals surface area contributed by atoms with Gasteiger partial charge in [0.1, 0.15) is 0 Å². The molecule has 19 heavy (non-hydrogen) atoms. The van der Waals surface area contributed by atoms with Gasteiger partial charge < -0.3 is 5.32 Å². The molecule has 0 aliphatic heterocycles. The second kappa shape index (κ2) is 7.72. The normalized spacial score (nSPS) is 11.5. The molecule has 5 heteroatoms. The molecule has 0 aliphatic rings. The molecule has 0 amide bonds. The number of nitrogens with one attached hydrogen (secondary N) is 1. The number of hydrogen-bond donors (Lipinski definition) is 1. The fraction of sp³-hybridized carbons (Fsp3) is 0.429. The van der Waals surface area contributed by atoms with Crippen LogP contribution >= 0.6 is 11.8 Å². The maximum Gasteiger partial charge on any atom is 0.175 e. The van der Waals surface area contributed by atoms with Crippen LogP contribution in [0.4, 0.5) is 0 Å². The average molecular weight is 299 g/mol. The van der Waals surface area contributed by atoms with Crippen molar-refractivity contribution < 1.29 is 8.42 Å². The molecule has 1 aromatic rings. The molecule has 1 aromatic carbocycles. The van der Waals surface area contributed by atoms with Gasteiger partial charge in [-0.05, 0) is 37.2 Å². The highest BCUT2D eigenvalue weighted by Gasteiger charge is 2.06. The Labute approximate surface area is 120 Å². The van der Waals surface area contributed by atoms with Crippen LogP contribution in [0.3, 0.4) is 0 Å². The monoisotopic (exact) mass is 299 g/mol. The highest BCUT2D eigenvalue weighted by atomic mass is 32.2. The van der Waals surface area contributed by atoms with Gasteiger partial charge in [-0.1, -0.05) is 19.1 Å². The van der Waals surface area contributed by atoms with E-state index in [0.29, 0.717) is 4.90 Å². The van der Waals surface area contributed by atoms with E-state index in [-0.39, 0.29) is 0 Å². The zero-order chi connectivity index (χ0) is 14.3. The van der Waals surface area contributed by atoms with E-state index in [1.807, 2.05) is 12.1 Å². The average Bonchev–Trinajstić information content (AvgIpc) is 2.36. The molecule has 0 aliphatic carbocycles. The standard InChI is InChI=1S/C14H21NO2S2/c1-4-9-15-10-12(2)11-18-13-5-7-14(8-6-13)19(3,16)17/h5-8,15H,2,4,9-11H2,1,3H3. The lowest BCUT2D eigenvalue weighted by atomic mass is 10.3. The van der Waals surface area contributed by atoms with E-state index in [2.05, 4.69) is 18.8 Å². The van der Waals surface area contributed by atoms with E-state index < -0.39 is 9.84 Å². The summed E-state index contributed by atoms with van der Waals surface area (Å²) in [6.45, 7) is 7.99. The number of sulfone groups is 1. The highest BCUT2D eigenvalue weighted by Crippen LogP contribution is 2.21. The second-order valence-corrected chi connectivity index (χ2v) is 7.52. The van der Waals surface area contributed by atoms with Crippen LogP contribution in [-0.4, -0.2) is 33.5 Å². The predicted molar refractivity (Wildman–Crippen MR) is 82.6 cm³/mol. The first-order valence-electron chi connectivity index (χ1n) is 6.23. The van der Waals surface area contributed by atoms with Gasteiger partial charge in [0.25, 0.3) is 0 Å². The Balaban J connectivity index is 2.44. The summed E-state index contributed by atoms with van der Waals surface area (Å²) in [5.41, 5.74) is 1.14. The van der Waals surface area contributed by atoms with Crippen molar-refractivity contribution in [1.29, 1.82) is 0 Å². The lowest BCUT2D eigenvalue weighted by Gasteiger charge is -2.07. The van der Waals surface area contributed by atoms with Gasteiger partial charge in [-0.3, -0.25) is 0 Å². The van der Waals surface area contributed by atoms with E-state index in [1.165, 1.54) is 6.26 Å². The Morgan fingerprint density at radius 1 is 1.32 bits per heavy atom. The molecule has 106 valence electrons. The van der Waals surface area contributed by atoms with Crippen LogP contribution in [0.2, 0.25) is 0 Å². The number of thioether (sulfide) groups is 1. The summed E-state index contributed by atoms with van der Waals surface area (Å²) in [6, 6.07) is 6.98. The third-order valence-corrected chi connectivity index (χ3v) is 4.78. The molecule has 0 unspecified atom stereocenters. The van der Waals surface area contributed by atoms with Crippen molar-refractivity contribution in [1.82, 2.24) is 5.32 Å². The summed E-state index contributed by atoms with van der Waals surface area (Å²) in [6.07, 6.45) is 2.34. The lowest BCUT2D eigenvalue weighted by Crippen LogP contribution is -2.18. The van der Waals surface area contributed by atoms with E-state index in [0.717, 1.165) is 35.7 Å². The van der Waals surface area contributed by atoms with E-state index in [9.17, 15) is 8.42 Å². The smallest absolute Gasteiger partial charge is 0.175 e. The summed E-state index contributed by atoms with van der Waals surface area (Å²) in [7, 11) is -3.10. The van der Waals surface area contributed by atoms with Crippen molar-refractivity contribution in [2.75, 3.05) is 25.1 Å². The van der Waals surface area contributed by atoms with Crippen LogP contribution in [0.1, 0.15) is 13.3 Å². The van der Waals surface area contributed by atoms with Crippen molar-refractivity contribution in [3.8, 4) is 0 Å². The molecular weight excluding hydrogens is 278 g/mol. The topological polar surface area (TPSA) is 46.2 Å². The number of hydrogen-bond acceptors (Lipinski definition) is 4. The van der Waals surface area contributed by atoms with Gasteiger partial charge in [-0.25, -0.2) is 8.42 Å².